The van der Waals surface area contributed by atoms with E-state index in [1.165, 1.54) is 7.11 Å². The highest BCUT2D eigenvalue weighted by Crippen LogP contribution is 2.41. The topological polar surface area (TPSA) is 52.6 Å². The van der Waals surface area contributed by atoms with Crippen molar-refractivity contribution in [1.29, 1.82) is 0 Å². The Morgan fingerprint density at radius 3 is 2.64 bits per heavy atom. The lowest BCUT2D eigenvalue weighted by Gasteiger charge is -2.31. The molecule has 4 heteroatoms. The van der Waals surface area contributed by atoms with Crippen molar-refractivity contribution in [3.63, 3.8) is 0 Å². The summed E-state index contributed by atoms with van der Waals surface area (Å²) < 4.78 is 10.3. The van der Waals surface area contributed by atoms with Crippen LogP contribution in [0.25, 0.3) is 10.8 Å². The summed E-state index contributed by atoms with van der Waals surface area (Å²) in [7, 11) is 2.94. The fourth-order valence-electron chi connectivity index (χ4n) is 3.27. The third-order valence-electron chi connectivity index (χ3n) is 4.59. The molecule has 0 unspecified atom stereocenters. The number of esters is 1. The largest absolute Gasteiger partial charge is 0.496 e. The van der Waals surface area contributed by atoms with Crippen LogP contribution in [0.15, 0.2) is 30.3 Å². The summed E-state index contributed by atoms with van der Waals surface area (Å²) in [5, 5.41) is 2.00. The van der Waals surface area contributed by atoms with Crippen LogP contribution in [-0.2, 0) is 16.0 Å². The van der Waals surface area contributed by atoms with E-state index in [-0.39, 0.29) is 5.78 Å². The fraction of sp³-hybridized carbons (Fsp3) is 0.333. The first kappa shape index (κ1) is 14.6. The van der Waals surface area contributed by atoms with Gasteiger partial charge in [-0.05, 0) is 36.8 Å². The van der Waals surface area contributed by atoms with Crippen LogP contribution in [0.4, 0.5) is 0 Å². The van der Waals surface area contributed by atoms with Gasteiger partial charge in [0.2, 0.25) is 0 Å². The molecular weight excluding hydrogens is 280 g/mol. The second kappa shape index (κ2) is 5.13. The van der Waals surface area contributed by atoms with Gasteiger partial charge in [-0.3, -0.25) is 9.59 Å². The van der Waals surface area contributed by atoms with Crippen LogP contribution in [0, 0.1) is 5.41 Å². The quantitative estimate of drug-likeness (QED) is 0.631. The van der Waals surface area contributed by atoms with Gasteiger partial charge in [0.1, 0.15) is 11.2 Å². The number of methoxy groups -OCH3 is 2. The van der Waals surface area contributed by atoms with Gasteiger partial charge >= 0.3 is 5.97 Å². The average molecular weight is 298 g/mol. The van der Waals surface area contributed by atoms with Crippen molar-refractivity contribution in [3.05, 3.63) is 41.5 Å². The van der Waals surface area contributed by atoms with Crippen molar-refractivity contribution in [1.82, 2.24) is 0 Å². The zero-order valence-corrected chi connectivity index (χ0v) is 12.9. The molecule has 114 valence electrons. The van der Waals surface area contributed by atoms with Gasteiger partial charge in [0, 0.05) is 10.9 Å². The Morgan fingerprint density at radius 2 is 1.95 bits per heavy atom. The van der Waals surface area contributed by atoms with Crippen molar-refractivity contribution in [2.45, 2.75) is 19.8 Å². The maximum absolute atomic E-state index is 12.8. The number of carbonyl (C=O) groups is 2. The zero-order valence-electron chi connectivity index (χ0n) is 12.9. The molecule has 0 bridgehead atoms. The Kier molecular flexibility index (Phi) is 3.39. The molecule has 3 rings (SSSR count). The molecular formula is C18H18O4. The number of ketones is 1. The van der Waals surface area contributed by atoms with Crippen molar-refractivity contribution in [3.8, 4) is 5.75 Å². The lowest BCUT2D eigenvalue weighted by Crippen LogP contribution is -2.41. The van der Waals surface area contributed by atoms with Crippen LogP contribution in [0.2, 0.25) is 0 Å². The van der Waals surface area contributed by atoms with E-state index in [1.54, 1.807) is 20.1 Å². The van der Waals surface area contributed by atoms with E-state index in [9.17, 15) is 9.59 Å². The number of carbonyl (C=O) groups excluding carboxylic acids is 2. The summed E-state index contributed by atoms with van der Waals surface area (Å²) in [5.74, 6) is 0.112. The highest BCUT2D eigenvalue weighted by molar-refractivity contribution is 6.16. The molecule has 0 fully saturated rings. The smallest absolute Gasteiger partial charge is 0.319 e. The van der Waals surface area contributed by atoms with Gasteiger partial charge in [-0.15, -0.1) is 0 Å². The summed E-state index contributed by atoms with van der Waals surface area (Å²) in [6, 6.07) is 9.52. The number of ether oxygens (including phenoxy) is 2. The summed E-state index contributed by atoms with van der Waals surface area (Å²) in [5.41, 5.74) is 0.453. The molecule has 0 aromatic heterocycles. The molecule has 22 heavy (non-hydrogen) atoms. The molecule has 0 saturated carbocycles. The Bertz CT molecular complexity index is 778. The second-order valence-corrected chi connectivity index (χ2v) is 5.80. The van der Waals surface area contributed by atoms with Crippen LogP contribution < -0.4 is 4.74 Å². The molecule has 0 radical (unpaired) electrons. The highest BCUT2D eigenvalue weighted by Gasteiger charge is 2.46. The van der Waals surface area contributed by atoms with E-state index in [0.717, 1.165) is 22.1 Å². The van der Waals surface area contributed by atoms with Crippen LogP contribution >= 0.6 is 0 Å². The maximum atomic E-state index is 12.8. The second-order valence-electron chi connectivity index (χ2n) is 5.80. The van der Waals surface area contributed by atoms with Crippen LogP contribution in [0.3, 0.4) is 0 Å². The van der Waals surface area contributed by atoms with Crippen molar-refractivity contribution < 1.29 is 19.1 Å². The molecule has 1 aliphatic carbocycles. The molecule has 0 aliphatic heterocycles. The minimum atomic E-state index is -1.10. The highest BCUT2D eigenvalue weighted by atomic mass is 16.5. The van der Waals surface area contributed by atoms with E-state index < -0.39 is 11.4 Å². The summed E-state index contributed by atoms with van der Waals surface area (Å²) >= 11 is 0. The first-order chi connectivity index (χ1) is 10.5. The van der Waals surface area contributed by atoms with Gasteiger partial charge in [-0.1, -0.05) is 24.3 Å². The van der Waals surface area contributed by atoms with Gasteiger partial charge in [-0.25, -0.2) is 0 Å². The average Bonchev–Trinajstić information content (AvgIpc) is 2.56. The van der Waals surface area contributed by atoms with Crippen LogP contribution in [0.5, 0.6) is 5.75 Å². The minimum absolute atomic E-state index is 0.173. The van der Waals surface area contributed by atoms with E-state index in [2.05, 4.69) is 0 Å². The minimum Gasteiger partial charge on any atom is -0.496 e. The number of benzene rings is 2. The van der Waals surface area contributed by atoms with Crippen LogP contribution in [-0.4, -0.2) is 26.0 Å². The molecule has 1 aliphatic rings. The first-order valence-corrected chi connectivity index (χ1v) is 7.24. The van der Waals surface area contributed by atoms with Gasteiger partial charge in [0.25, 0.3) is 0 Å². The molecule has 0 heterocycles. The van der Waals surface area contributed by atoms with Crippen molar-refractivity contribution in [2.24, 2.45) is 5.41 Å². The standard InChI is InChI=1S/C18H18O4/c1-18(17(20)22-3)10-9-12-13(16(18)19)8-7-11-5-4-6-14(21-2)15(11)12/h4-8H,9-10H2,1-3H3/t18-/m0/s1. The molecule has 2 aromatic carbocycles. The predicted octanol–water partition coefficient (Wildman–Crippen LogP) is 3.16. The molecule has 4 nitrogen and oxygen atoms in total. The lowest BCUT2D eigenvalue weighted by atomic mass is 9.71. The van der Waals surface area contributed by atoms with Gasteiger partial charge < -0.3 is 9.47 Å². The molecule has 0 amide bonds. The monoisotopic (exact) mass is 298 g/mol. The number of hydrogen-bond donors (Lipinski definition) is 0. The van der Waals surface area contributed by atoms with Crippen molar-refractivity contribution in [2.75, 3.05) is 14.2 Å². The summed E-state index contributed by atoms with van der Waals surface area (Å²) in [6.07, 6.45) is 1.09. The molecule has 1 atom stereocenters. The maximum Gasteiger partial charge on any atom is 0.319 e. The SMILES string of the molecule is COC(=O)[C@@]1(C)CCc2c(ccc3cccc(OC)c23)C1=O. The molecule has 0 saturated heterocycles. The number of hydrogen-bond acceptors (Lipinski definition) is 4. The summed E-state index contributed by atoms with van der Waals surface area (Å²) in [6.45, 7) is 1.66. The van der Waals surface area contributed by atoms with E-state index in [0.29, 0.717) is 18.4 Å². The zero-order chi connectivity index (χ0) is 15.9. The fourth-order valence-corrected chi connectivity index (χ4v) is 3.27. The van der Waals surface area contributed by atoms with E-state index >= 15 is 0 Å². The number of aryl methyl sites for hydroxylation is 1. The number of fused-ring (bicyclic) bond motifs is 3. The van der Waals surface area contributed by atoms with Gasteiger partial charge in [-0.2, -0.15) is 0 Å². The Labute approximate surface area is 129 Å². The number of rotatable bonds is 2. The molecule has 0 N–H and O–H groups in total. The third kappa shape index (κ3) is 1.90. The Hall–Kier alpha value is -2.36. The van der Waals surface area contributed by atoms with E-state index in [4.69, 9.17) is 9.47 Å². The molecule has 0 spiro atoms. The van der Waals surface area contributed by atoms with Gasteiger partial charge in [0.05, 0.1) is 14.2 Å². The number of Topliss-reactive ketones (excluding diaryl/α,β-unsaturated/α-hetero) is 1. The first-order valence-electron chi connectivity index (χ1n) is 7.24. The summed E-state index contributed by atoms with van der Waals surface area (Å²) in [4.78, 5) is 24.9. The normalized spacial score (nSPS) is 20.6. The Balaban J connectivity index is 2.23. The van der Waals surface area contributed by atoms with Crippen molar-refractivity contribution >= 4 is 22.5 Å². The lowest BCUT2D eigenvalue weighted by molar-refractivity contribution is -0.149. The van der Waals surface area contributed by atoms with Gasteiger partial charge in [0.15, 0.2) is 5.78 Å². The van der Waals surface area contributed by atoms with E-state index in [1.807, 2.05) is 24.3 Å². The molecule has 2 aromatic rings. The Morgan fingerprint density at radius 1 is 1.18 bits per heavy atom. The predicted molar refractivity (Wildman–Crippen MR) is 83.3 cm³/mol. The van der Waals surface area contributed by atoms with Crippen LogP contribution in [0.1, 0.15) is 29.3 Å². The third-order valence-corrected chi connectivity index (χ3v) is 4.59.